The van der Waals surface area contributed by atoms with Crippen molar-refractivity contribution < 1.29 is 4.74 Å². The van der Waals surface area contributed by atoms with Crippen LogP contribution in [-0.2, 0) is 0 Å². The lowest BCUT2D eigenvalue weighted by atomic mass is 10.1. The van der Waals surface area contributed by atoms with E-state index in [1.807, 2.05) is 18.2 Å². The van der Waals surface area contributed by atoms with Gasteiger partial charge in [0.1, 0.15) is 12.4 Å². The highest BCUT2D eigenvalue weighted by Gasteiger charge is 2.20. The molecule has 0 saturated heterocycles. The van der Waals surface area contributed by atoms with Crippen LogP contribution in [0.25, 0.3) is 10.8 Å². The Hall–Kier alpha value is -2.21. The van der Waals surface area contributed by atoms with E-state index in [0.29, 0.717) is 13.0 Å². The summed E-state index contributed by atoms with van der Waals surface area (Å²) >= 11 is 0. The predicted molar refractivity (Wildman–Crippen MR) is 67.1 cm³/mol. The molecule has 0 aromatic heterocycles. The number of anilines is 1. The lowest BCUT2D eigenvalue weighted by molar-refractivity contribution is 0.286. The van der Waals surface area contributed by atoms with Crippen molar-refractivity contribution in [2.45, 2.75) is 12.5 Å². The van der Waals surface area contributed by atoms with Crippen molar-refractivity contribution in [1.82, 2.24) is 0 Å². The van der Waals surface area contributed by atoms with Crippen LogP contribution in [0.15, 0.2) is 36.4 Å². The predicted octanol–water partition coefficient (Wildman–Crippen LogP) is 2.93. The lowest BCUT2D eigenvalue weighted by Crippen LogP contribution is -2.31. The van der Waals surface area contributed by atoms with E-state index in [2.05, 4.69) is 29.6 Å². The Bertz CT molecular complexity index is 601. The second kappa shape index (κ2) is 3.99. The van der Waals surface area contributed by atoms with Crippen LogP contribution >= 0.6 is 0 Å². The molecular formula is C14H12N2O. The molecule has 1 aliphatic heterocycles. The van der Waals surface area contributed by atoms with Gasteiger partial charge in [-0.2, -0.15) is 5.26 Å². The zero-order valence-corrected chi connectivity index (χ0v) is 9.31. The van der Waals surface area contributed by atoms with Gasteiger partial charge in [0.15, 0.2) is 0 Å². The second-order valence-electron chi connectivity index (χ2n) is 4.17. The molecule has 0 fully saturated rings. The van der Waals surface area contributed by atoms with Gasteiger partial charge >= 0.3 is 0 Å². The van der Waals surface area contributed by atoms with Gasteiger partial charge in [-0.1, -0.05) is 30.3 Å². The summed E-state index contributed by atoms with van der Waals surface area (Å²) in [6.45, 7) is 0.554. The number of fused-ring (bicyclic) bond motifs is 3. The molecule has 0 radical (unpaired) electrons. The first kappa shape index (κ1) is 9.98. The smallest absolute Gasteiger partial charge is 0.143 e. The summed E-state index contributed by atoms with van der Waals surface area (Å²) in [5, 5.41) is 14.5. The van der Waals surface area contributed by atoms with Gasteiger partial charge in [-0.05, 0) is 11.5 Å². The monoisotopic (exact) mass is 224 g/mol. The highest BCUT2D eigenvalue weighted by Crippen LogP contribution is 2.36. The molecule has 3 nitrogen and oxygen atoms in total. The number of hydrogen-bond acceptors (Lipinski definition) is 3. The molecule has 1 heterocycles. The summed E-state index contributed by atoms with van der Waals surface area (Å²) in [7, 11) is 0. The maximum Gasteiger partial charge on any atom is 0.143 e. The zero-order valence-electron chi connectivity index (χ0n) is 9.31. The van der Waals surface area contributed by atoms with Crippen molar-refractivity contribution in [2.75, 3.05) is 11.9 Å². The van der Waals surface area contributed by atoms with Crippen LogP contribution < -0.4 is 10.1 Å². The Morgan fingerprint density at radius 2 is 2.18 bits per heavy atom. The molecule has 0 bridgehead atoms. The minimum absolute atomic E-state index is 0.0818. The minimum atomic E-state index is 0.0818. The first-order valence-electron chi connectivity index (χ1n) is 5.66. The molecule has 1 aliphatic rings. The normalized spacial score (nSPS) is 17.7. The average Bonchev–Trinajstić information content (AvgIpc) is 2.39. The molecule has 0 saturated carbocycles. The van der Waals surface area contributed by atoms with Crippen molar-refractivity contribution >= 4 is 16.5 Å². The minimum Gasteiger partial charge on any atom is -0.489 e. The second-order valence-corrected chi connectivity index (χ2v) is 4.17. The number of hydrogen-bond donors (Lipinski definition) is 1. The molecule has 1 unspecified atom stereocenters. The van der Waals surface area contributed by atoms with Crippen LogP contribution in [0.3, 0.4) is 0 Å². The number of nitrogens with one attached hydrogen (secondary N) is 1. The van der Waals surface area contributed by atoms with Crippen molar-refractivity contribution in [2.24, 2.45) is 0 Å². The first-order chi connectivity index (χ1) is 8.38. The highest BCUT2D eigenvalue weighted by molar-refractivity contribution is 5.97. The van der Waals surface area contributed by atoms with Gasteiger partial charge in [0, 0.05) is 5.39 Å². The van der Waals surface area contributed by atoms with Gasteiger partial charge in [-0.3, -0.25) is 0 Å². The zero-order chi connectivity index (χ0) is 11.7. The van der Waals surface area contributed by atoms with Gasteiger partial charge in [-0.25, -0.2) is 0 Å². The van der Waals surface area contributed by atoms with E-state index in [0.717, 1.165) is 16.8 Å². The summed E-state index contributed by atoms with van der Waals surface area (Å²) in [4.78, 5) is 0. The summed E-state index contributed by atoms with van der Waals surface area (Å²) in [6.07, 6.45) is 0.461. The third-order valence-corrected chi connectivity index (χ3v) is 3.02. The number of nitriles is 1. The molecule has 1 atom stereocenters. The Kier molecular flexibility index (Phi) is 2.34. The molecule has 1 N–H and O–H groups in total. The van der Waals surface area contributed by atoms with E-state index in [9.17, 15) is 0 Å². The fourth-order valence-electron chi connectivity index (χ4n) is 2.18. The average molecular weight is 224 g/mol. The maximum absolute atomic E-state index is 8.73. The molecule has 84 valence electrons. The van der Waals surface area contributed by atoms with E-state index in [-0.39, 0.29) is 6.04 Å². The summed E-state index contributed by atoms with van der Waals surface area (Å²) in [5.74, 6) is 0.873. The molecular weight excluding hydrogens is 212 g/mol. The van der Waals surface area contributed by atoms with Crippen molar-refractivity contribution in [1.29, 1.82) is 5.26 Å². The number of benzene rings is 2. The first-order valence-corrected chi connectivity index (χ1v) is 5.66. The molecule has 2 aromatic rings. The molecule has 2 aromatic carbocycles. The number of rotatable bonds is 1. The lowest BCUT2D eigenvalue weighted by Gasteiger charge is -2.27. The fourth-order valence-corrected chi connectivity index (χ4v) is 2.18. The highest BCUT2D eigenvalue weighted by atomic mass is 16.5. The van der Waals surface area contributed by atoms with Gasteiger partial charge < -0.3 is 10.1 Å². The summed E-state index contributed by atoms with van der Waals surface area (Å²) in [6, 6.07) is 14.5. The van der Waals surface area contributed by atoms with Gasteiger partial charge in [0.05, 0.1) is 24.2 Å². The summed E-state index contributed by atoms with van der Waals surface area (Å²) in [5.41, 5.74) is 1.01. The van der Waals surface area contributed by atoms with Gasteiger partial charge in [0.25, 0.3) is 0 Å². The standard InChI is InChI=1S/C14H12N2O/c15-8-7-11-9-17-13-6-5-10-3-1-2-4-12(10)14(13)16-11/h1-6,11,16H,7,9H2. The van der Waals surface area contributed by atoms with Crippen LogP contribution in [-0.4, -0.2) is 12.6 Å². The molecule has 3 rings (SSSR count). The number of ether oxygens (including phenoxy) is 1. The molecule has 0 amide bonds. The Labute approximate surface area is 99.6 Å². The fraction of sp³-hybridized carbons (Fsp3) is 0.214. The van der Waals surface area contributed by atoms with Gasteiger partial charge in [0.2, 0.25) is 0 Å². The molecule has 0 spiro atoms. The van der Waals surface area contributed by atoms with E-state index >= 15 is 0 Å². The maximum atomic E-state index is 8.73. The van der Waals surface area contributed by atoms with Crippen LogP contribution in [0.5, 0.6) is 5.75 Å². The molecule has 0 aliphatic carbocycles. The van der Waals surface area contributed by atoms with Crippen molar-refractivity contribution in [3.05, 3.63) is 36.4 Å². The van der Waals surface area contributed by atoms with E-state index < -0.39 is 0 Å². The summed E-state index contributed by atoms with van der Waals surface area (Å²) < 4.78 is 5.68. The van der Waals surface area contributed by atoms with Crippen molar-refractivity contribution in [3.63, 3.8) is 0 Å². The molecule has 17 heavy (non-hydrogen) atoms. The van der Waals surface area contributed by atoms with Crippen molar-refractivity contribution in [3.8, 4) is 11.8 Å². The van der Waals surface area contributed by atoms with E-state index in [1.165, 1.54) is 5.39 Å². The SMILES string of the molecule is N#CCC1COc2ccc3ccccc3c2N1. The van der Waals surface area contributed by atoms with Crippen LogP contribution in [0.2, 0.25) is 0 Å². The quantitative estimate of drug-likeness (QED) is 0.810. The van der Waals surface area contributed by atoms with Crippen LogP contribution in [0.4, 0.5) is 5.69 Å². The van der Waals surface area contributed by atoms with Gasteiger partial charge in [-0.15, -0.1) is 0 Å². The number of nitrogens with zero attached hydrogens (tertiary/aromatic N) is 1. The van der Waals surface area contributed by atoms with E-state index in [1.54, 1.807) is 0 Å². The Morgan fingerprint density at radius 1 is 1.29 bits per heavy atom. The van der Waals surface area contributed by atoms with Crippen LogP contribution in [0.1, 0.15) is 6.42 Å². The Balaban J connectivity index is 2.10. The largest absolute Gasteiger partial charge is 0.489 e. The van der Waals surface area contributed by atoms with Crippen LogP contribution in [0, 0.1) is 11.3 Å². The van der Waals surface area contributed by atoms with E-state index in [4.69, 9.17) is 10.00 Å². The third-order valence-electron chi connectivity index (χ3n) is 3.02. The topological polar surface area (TPSA) is 45.0 Å². The third kappa shape index (κ3) is 1.68. The molecule has 3 heteroatoms. The Morgan fingerprint density at radius 3 is 3.06 bits per heavy atom.